The summed E-state index contributed by atoms with van der Waals surface area (Å²) in [6.45, 7) is 3.79. The third-order valence-corrected chi connectivity index (χ3v) is 3.08. The molecule has 0 bridgehead atoms. The van der Waals surface area contributed by atoms with Crippen LogP contribution in [-0.4, -0.2) is 15.2 Å². The van der Waals surface area contributed by atoms with E-state index in [1.165, 1.54) is 18.5 Å². The monoisotopic (exact) mass is 284 g/mol. The SMILES string of the molecule is CC(NC(C)c1ncn[nH]1)c1ccc(C(F)(F)F)cc1. The molecule has 2 unspecified atom stereocenters. The first-order valence-electron chi connectivity index (χ1n) is 6.16. The number of aromatic amines is 1. The van der Waals surface area contributed by atoms with Gasteiger partial charge in [0.05, 0.1) is 11.6 Å². The van der Waals surface area contributed by atoms with Crippen LogP contribution in [0.1, 0.15) is 42.9 Å². The average Bonchev–Trinajstić information content (AvgIpc) is 2.91. The highest BCUT2D eigenvalue weighted by Gasteiger charge is 2.30. The van der Waals surface area contributed by atoms with E-state index in [0.717, 1.165) is 17.7 Å². The third kappa shape index (κ3) is 3.36. The zero-order chi connectivity index (χ0) is 14.8. The van der Waals surface area contributed by atoms with Gasteiger partial charge in [0, 0.05) is 6.04 Å². The average molecular weight is 284 g/mol. The number of benzene rings is 1. The lowest BCUT2D eigenvalue weighted by atomic mass is 10.1. The van der Waals surface area contributed by atoms with Crippen molar-refractivity contribution in [2.24, 2.45) is 0 Å². The number of hydrogen-bond donors (Lipinski definition) is 2. The molecule has 0 saturated carbocycles. The summed E-state index contributed by atoms with van der Waals surface area (Å²) >= 11 is 0. The minimum atomic E-state index is -4.30. The minimum Gasteiger partial charge on any atom is -0.301 e. The number of nitrogens with zero attached hydrogens (tertiary/aromatic N) is 2. The number of hydrogen-bond acceptors (Lipinski definition) is 3. The van der Waals surface area contributed by atoms with Crippen LogP contribution in [0.2, 0.25) is 0 Å². The third-order valence-electron chi connectivity index (χ3n) is 3.08. The largest absolute Gasteiger partial charge is 0.416 e. The molecule has 0 aliphatic rings. The highest BCUT2D eigenvalue weighted by molar-refractivity contribution is 5.26. The first kappa shape index (κ1) is 14.5. The van der Waals surface area contributed by atoms with E-state index in [-0.39, 0.29) is 12.1 Å². The van der Waals surface area contributed by atoms with Crippen LogP contribution in [0.4, 0.5) is 13.2 Å². The predicted molar refractivity (Wildman–Crippen MR) is 67.8 cm³/mol. The number of rotatable bonds is 4. The van der Waals surface area contributed by atoms with E-state index >= 15 is 0 Å². The van der Waals surface area contributed by atoms with Crippen molar-refractivity contribution in [2.75, 3.05) is 0 Å². The molecule has 0 aliphatic carbocycles. The Morgan fingerprint density at radius 1 is 1.10 bits per heavy atom. The van der Waals surface area contributed by atoms with Gasteiger partial charge in [-0.2, -0.15) is 18.3 Å². The Labute approximate surface area is 114 Å². The molecule has 108 valence electrons. The molecule has 2 rings (SSSR count). The van der Waals surface area contributed by atoms with Gasteiger partial charge in [-0.25, -0.2) is 4.98 Å². The number of nitrogens with one attached hydrogen (secondary N) is 2. The summed E-state index contributed by atoms with van der Waals surface area (Å²) in [5.74, 6) is 0.684. The molecular weight excluding hydrogens is 269 g/mol. The van der Waals surface area contributed by atoms with E-state index in [1.54, 1.807) is 0 Å². The molecule has 4 nitrogen and oxygen atoms in total. The Balaban J connectivity index is 2.04. The van der Waals surface area contributed by atoms with E-state index in [1.807, 2.05) is 13.8 Å². The second-order valence-corrected chi connectivity index (χ2v) is 4.60. The molecule has 0 aliphatic heterocycles. The minimum absolute atomic E-state index is 0.0743. The Morgan fingerprint density at radius 3 is 2.25 bits per heavy atom. The van der Waals surface area contributed by atoms with Gasteiger partial charge in [0.1, 0.15) is 12.2 Å². The normalized spacial score (nSPS) is 15.1. The van der Waals surface area contributed by atoms with Gasteiger partial charge in [0.2, 0.25) is 0 Å². The summed E-state index contributed by atoms with van der Waals surface area (Å²) in [5, 5.41) is 9.75. The van der Waals surface area contributed by atoms with Gasteiger partial charge in [0.25, 0.3) is 0 Å². The van der Waals surface area contributed by atoms with E-state index < -0.39 is 11.7 Å². The van der Waals surface area contributed by atoms with Gasteiger partial charge in [-0.3, -0.25) is 5.10 Å². The summed E-state index contributed by atoms with van der Waals surface area (Å²) in [4.78, 5) is 4.03. The second-order valence-electron chi connectivity index (χ2n) is 4.60. The molecule has 0 saturated heterocycles. The van der Waals surface area contributed by atoms with Crippen molar-refractivity contribution >= 4 is 0 Å². The van der Waals surface area contributed by atoms with Crippen LogP contribution in [-0.2, 0) is 6.18 Å². The number of halogens is 3. The second kappa shape index (κ2) is 5.62. The molecule has 2 aromatic rings. The fourth-order valence-electron chi connectivity index (χ4n) is 1.93. The van der Waals surface area contributed by atoms with Crippen molar-refractivity contribution in [1.29, 1.82) is 0 Å². The number of H-pyrrole nitrogens is 1. The molecule has 1 heterocycles. The van der Waals surface area contributed by atoms with Crippen molar-refractivity contribution in [3.05, 3.63) is 47.5 Å². The molecule has 20 heavy (non-hydrogen) atoms. The Kier molecular flexibility index (Phi) is 4.08. The van der Waals surface area contributed by atoms with E-state index in [9.17, 15) is 13.2 Å². The fraction of sp³-hybridized carbons (Fsp3) is 0.385. The Morgan fingerprint density at radius 2 is 1.75 bits per heavy atom. The van der Waals surface area contributed by atoms with Gasteiger partial charge >= 0.3 is 6.18 Å². The summed E-state index contributed by atoms with van der Waals surface area (Å²) in [6, 6.07) is 4.97. The number of aromatic nitrogens is 3. The molecule has 0 radical (unpaired) electrons. The topological polar surface area (TPSA) is 53.6 Å². The van der Waals surface area contributed by atoms with Gasteiger partial charge in [0.15, 0.2) is 0 Å². The van der Waals surface area contributed by atoms with Crippen LogP contribution >= 0.6 is 0 Å². The predicted octanol–water partition coefficient (Wildman–Crippen LogP) is 3.24. The van der Waals surface area contributed by atoms with Gasteiger partial charge in [-0.1, -0.05) is 12.1 Å². The molecule has 0 amide bonds. The lowest BCUT2D eigenvalue weighted by molar-refractivity contribution is -0.137. The van der Waals surface area contributed by atoms with Gasteiger partial charge in [-0.15, -0.1) is 0 Å². The van der Waals surface area contributed by atoms with Crippen LogP contribution in [0.3, 0.4) is 0 Å². The van der Waals surface area contributed by atoms with Crippen molar-refractivity contribution < 1.29 is 13.2 Å². The van der Waals surface area contributed by atoms with Gasteiger partial charge in [-0.05, 0) is 31.5 Å². The van der Waals surface area contributed by atoms with Gasteiger partial charge < -0.3 is 5.32 Å². The molecule has 0 fully saturated rings. The van der Waals surface area contributed by atoms with E-state index in [0.29, 0.717) is 5.82 Å². The van der Waals surface area contributed by atoms with Crippen molar-refractivity contribution in [1.82, 2.24) is 20.5 Å². The number of alkyl halides is 3. The summed E-state index contributed by atoms with van der Waals surface area (Å²) in [6.07, 6.45) is -2.89. The maximum Gasteiger partial charge on any atom is 0.416 e. The molecule has 1 aromatic heterocycles. The van der Waals surface area contributed by atoms with Crippen molar-refractivity contribution in [3.8, 4) is 0 Å². The van der Waals surface area contributed by atoms with Crippen molar-refractivity contribution in [3.63, 3.8) is 0 Å². The van der Waals surface area contributed by atoms with Crippen LogP contribution in [0, 0.1) is 0 Å². The molecule has 2 atom stereocenters. The fourth-order valence-corrected chi connectivity index (χ4v) is 1.93. The summed E-state index contributed by atoms with van der Waals surface area (Å²) in [5.41, 5.74) is 0.140. The quantitative estimate of drug-likeness (QED) is 0.906. The van der Waals surface area contributed by atoms with Crippen LogP contribution in [0.5, 0.6) is 0 Å². The first-order valence-corrected chi connectivity index (χ1v) is 6.16. The smallest absolute Gasteiger partial charge is 0.301 e. The molecule has 1 aromatic carbocycles. The highest BCUT2D eigenvalue weighted by Crippen LogP contribution is 2.30. The molecule has 7 heteroatoms. The zero-order valence-corrected chi connectivity index (χ0v) is 11.1. The molecule has 0 spiro atoms. The van der Waals surface area contributed by atoms with E-state index in [2.05, 4.69) is 20.5 Å². The summed E-state index contributed by atoms with van der Waals surface area (Å²) < 4.78 is 37.4. The molecule has 2 N–H and O–H groups in total. The summed E-state index contributed by atoms with van der Waals surface area (Å²) in [7, 11) is 0. The Bertz CT molecular complexity index is 534. The molecular formula is C13H15F3N4. The first-order chi connectivity index (χ1) is 9.38. The van der Waals surface area contributed by atoms with E-state index in [4.69, 9.17) is 0 Å². The zero-order valence-electron chi connectivity index (χ0n) is 11.1. The van der Waals surface area contributed by atoms with Crippen LogP contribution in [0.25, 0.3) is 0 Å². The standard InChI is InChI=1S/C13H15F3N4/c1-8(19-9(2)12-17-7-18-20-12)10-3-5-11(6-4-10)13(14,15)16/h3-9,19H,1-2H3,(H,17,18,20). The Hall–Kier alpha value is -1.89. The maximum absolute atomic E-state index is 12.5. The van der Waals surface area contributed by atoms with Crippen LogP contribution in [0.15, 0.2) is 30.6 Å². The van der Waals surface area contributed by atoms with Crippen LogP contribution < -0.4 is 5.32 Å². The maximum atomic E-state index is 12.5. The lowest BCUT2D eigenvalue weighted by Crippen LogP contribution is -2.23. The highest BCUT2D eigenvalue weighted by atomic mass is 19.4. The lowest BCUT2D eigenvalue weighted by Gasteiger charge is -2.19. The van der Waals surface area contributed by atoms with Crippen molar-refractivity contribution in [2.45, 2.75) is 32.1 Å².